The summed E-state index contributed by atoms with van der Waals surface area (Å²) in [6.07, 6.45) is 1.62. The molecular weight excluding hydrogens is 305 g/mol. The molecule has 0 amide bonds. The second-order valence-electron chi connectivity index (χ2n) is 4.30. The van der Waals surface area contributed by atoms with E-state index in [1.807, 2.05) is 18.2 Å². The van der Waals surface area contributed by atoms with Crippen LogP contribution in [0.25, 0.3) is 0 Å². The molecule has 2 N–H and O–H groups in total. The van der Waals surface area contributed by atoms with Crippen LogP contribution in [-0.2, 0) is 4.74 Å². The number of aliphatic hydroxyl groups is 1. The SMILES string of the molecule is OCC1(Nc2ccc(Cl)c(Br)c2)CCOCC1. The van der Waals surface area contributed by atoms with Crippen LogP contribution in [0.2, 0.25) is 5.02 Å². The highest BCUT2D eigenvalue weighted by Crippen LogP contribution is 2.30. The van der Waals surface area contributed by atoms with Gasteiger partial charge in [-0.05, 0) is 47.0 Å². The smallest absolute Gasteiger partial charge is 0.0663 e. The Balaban J connectivity index is 2.14. The number of nitrogens with one attached hydrogen (secondary N) is 1. The molecule has 0 aromatic heterocycles. The summed E-state index contributed by atoms with van der Waals surface area (Å²) >= 11 is 9.34. The van der Waals surface area contributed by atoms with Gasteiger partial charge in [0.1, 0.15) is 0 Å². The maximum atomic E-state index is 9.57. The van der Waals surface area contributed by atoms with Gasteiger partial charge in [-0.2, -0.15) is 0 Å². The van der Waals surface area contributed by atoms with E-state index in [4.69, 9.17) is 16.3 Å². The summed E-state index contributed by atoms with van der Waals surface area (Å²) in [5.41, 5.74) is 0.683. The lowest BCUT2D eigenvalue weighted by molar-refractivity contribution is 0.0380. The average Bonchev–Trinajstić information content (AvgIpc) is 2.35. The third-order valence-electron chi connectivity index (χ3n) is 3.08. The van der Waals surface area contributed by atoms with E-state index in [9.17, 15) is 5.11 Å². The lowest BCUT2D eigenvalue weighted by Gasteiger charge is -2.37. The Labute approximate surface area is 114 Å². The molecule has 1 saturated heterocycles. The van der Waals surface area contributed by atoms with Crippen LogP contribution in [-0.4, -0.2) is 30.5 Å². The first kappa shape index (κ1) is 13.1. The number of rotatable bonds is 3. The summed E-state index contributed by atoms with van der Waals surface area (Å²) in [5, 5.41) is 13.6. The van der Waals surface area contributed by atoms with E-state index in [2.05, 4.69) is 21.2 Å². The molecule has 1 aliphatic rings. The van der Waals surface area contributed by atoms with E-state index in [0.717, 1.165) is 23.0 Å². The van der Waals surface area contributed by atoms with Crippen LogP contribution < -0.4 is 5.32 Å². The molecule has 0 spiro atoms. The summed E-state index contributed by atoms with van der Waals surface area (Å²) in [6.45, 7) is 1.47. The molecule has 2 rings (SSSR count). The summed E-state index contributed by atoms with van der Waals surface area (Å²) < 4.78 is 6.18. The van der Waals surface area contributed by atoms with Gasteiger partial charge in [0, 0.05) is 23.4 Å². The summed E-state index contributed by atoms with van der Waals surface area (Å²) in [5.74, 6) is 0. The highest BCUT2D eigenvalue weighted by molar-refractivity contribution is 9.10. The lowest BCUT2D eigenvalue weighted by atomic mass is 9.90. The van der Waals surface area contributed by atoms with Crippen molar-refractivity contribution >= 4 is 33.2 Å². The molecule has 0 radical (unpaired) electrons. The van der Waals surface area contributed by atoms with Gasteiger partial charge < -0.3 is 15.2 Å². The van der Waals surface area contributed by atoms with E-state index < -0.39 is 0 Å². The number of anilines is 1. The van der Waals surface area contributed by atoms with Crippen LogP contribution >= 0.6 is 27.5 Å². The van der Waals surface area contributed by atoms with Crippen LogP contribution in [0.4, 0.5) is 5.69 Å². The van der Waals surface area contributed by atoms with Crippen LogP contribution in [0.5, 0.6) is 0 Å². The van der Waals surface area contributed by atoms with Gasteiger partial charge in [0.25, 0.3) is 0 Å². The highest BCUT2D eigenvalue weighted by atomic mass is 79.9. The minimum Gasteiger partial charge on any atom is -0.394 e. The van der Waals surface area contributed by atoms with Crippen LogP contribution in [0.15, 0.2) is 22.7 Å². The molecule has 5 heteroatoms. The topological polar surface area (TPSA) is 41.5 Å². The predicted octanol–water partition coefficient (Wildman–Crippen LogP) is 3.06. The van der Waals surface area contributed by atoms with Gasteiger partial charge in [0.2, 0.25) is 0 Å². The largest absolute Gasteiger partial charge is 0.394 e. The van der Waals surface area contributed by atoms with E-state index in [1.54, 1.807) is 0 Å². The number of halogens is 2. The standard InChI is InChI=1S/C12H15BrClNO2/c13-10-7-9(1-2-11(10)14)15-12(8-16)3-5-17-6-4-12/h1-2,7,15-16H,3-6,8H2. The number of aliphatic hydroxyl groups excluding tert-OH is 1. The Hall–Kier alpha value is -0.290. The Morgan fingerprint density at radius 2 is 2.12 bits per heavy atom. The Morgan fingerprint density at radius 3 is 2.71 bits per heavy atom. The van der Waals surface area contributed by atoms with Crippen molar-refractivity contribution in [2.75, 3.05) is 25.1 Å². The van der Waals surface area contributed by atoms with E-state index in [-0.39, 0.29) is 12.1 Å². The molecule has 1 aliphatic heterocycles. The molecule has 0 unspecified atom stereocenters. The van der Waals surface area contributed by atoms with Crippen molar-refractivity contribution in [2.24, 2.45) is 0 Å². The molecule has 17 heavy (non-hydrogen) atoms. The fourth-order valence-corrected chi connectivity index (χ4v) is 2.46. The zero-order chi connectivity index (χ0) is 12.3. The normalized spacial score (nSPS) is 19.0. The summed E-state index contributed by atoms with van der Waals surface area (Å²) in [6, 6.07) is 5.67. The van der Waals surface area contributed by atoms with Gasteiger partial charge in [0.15, 0.2) is 0 Å². The van der Waals surface area contributed by atoms with Crippen LogP contribution in [0.1, 0.15) is 12.8 Å². The van der Waals surface area contributed by atoms with E-state index in [1.165, 1.54) is 0 Å². The summed E-state index contributed by atoms with van der Waals surface area (Å²) in [4.78, 5) is 0. The zero-order valence-corrected chi connectivity index (χ0v) is 11.7. The average molecular weight is 321 g/mol. The van der Waals surface area contributed by atoms with Crippen LogP contribution in [0, 0.1) is 0 Å². The monoisotopic (exact) mass is 319 g/mol. The fraction of sp³-hybridized carbons (Fsp3) is 0.500. The van der Waals surface area contributed by atoms with Crippen molar-refractivity contribution in [3.63, 3.8) is 0 Å². The van der Waals surface area contributed by atoms with Crippen molar-refractivity contribution in [1.29, 1.82) is 0 Å². The van der Waals surface area contributed by atoms with Gasteiger partial charge in [-0.3, -0.25) is 0 Å². The second kappa shape index (κ2) is 5.57. The second-order valence-corrected chi connectivity index (χ2v) is 5.57. The van der Waals surface area contributed by atoms with Crippen LogP contribution in [0.3, 0.4) is 0 Å². The molecule has 0 atom stereocenters. The summed E-state index contributed by atoms with van der Waals surface area (Å²) in [7, 11) is 0. The molecular formula is C12H15BrClNO2. The quantitative estimate of drug-likeness (QED) is 0.899. The number of hydrogen-bond donors (Lipinski definition) is 2. The van der Waals surface area contributed by atoms with Crippen molar-refractivity contribution in [1.82, 2.24) is 0 Å². The van der Waals surface area contributed by atoms with Gasteiger partial charge in [-0.15, -0.1) is 0 Å². The number of ether oxygens (including phenoxy) is 1. The first-order valence-corrected chi connectivity index (χ1v) is 6.74. The maximum Gasteiger partial charge on any atom is 0.0663 e. The van der Waals surface area contributed by atoms with Gasteiger partial charge in [0.05, 0.1) is 17.2 Å². The molecule has 0 bridgehead atoms. The molecule has 1 aromatic rings. The van der Waals surface area contributed by atoms with Gasteiger partial charge >= 0.3 is 0 Å². The lowest BCUT2D eigenvalue weighted by Crippen LogP contribution is -2.46. The molecule has 1 heterocycles. The fourth-order valence-electron chi connectivity index (χ4n) is 1.96. The maximum absolute atomic E-state index is 9.57. The predicted molar refractivity (Wildman–Crippen MR) is 72.6 cm³/mol. The zero-order valence-electron chi connectivity index (χ0n) is 9.38. The molecule has 3 nitrogen and oxygen atoms in total. The van der Waals surface area contributed by atoms with E-state index in [0.29, 0.717) is 18.2 Å². The Kier molecular flexibility index (Phi) is 4.31. The van der Waals surface area contributed by atoms with E-state index >= 15 is 0 Å². The van der Waals surface area contributed by atoms with Crippen molar-refractivity contribution in [3.8, 4) is 0 Å². The van der Waals surface area contributed by atoms with Crippen molar-refractivity contribution in [3.05, 3.63) is 27.7 Å². The minimum atomic E-state index is -0.272. The molecule has 1 aromatic carbocycles. The first-order chi connectivity index (χ1) is 8.15. The minimum absolute atomic E-state index is 0.108. The third-order valence-corrected chi connectivity index (χ3v) is 4.30. The third kappa shape index (κ3) is 3.13. The molecule has 0 saturated carbocycles. The van der Waals surface area contributed by atoms with Gasteiger partial charge in [-0.1, -0.05) is 11.6 Å². The molecule has 94 valence electrons. The Bertz CT molecular complexity index is 394. The molecule has 1 fully saturated rings. The first-order valence-electron chi connectivity index (χ1n) is 5.57. The van der Waals surface area contributed by atoms with Crippen molar-refractivity contribution in [2.45, 2.75) is 18.4 Å². The Morgan fingerprint density at radius 1 is 1.41 bits per heavy atom. The number of hydrogen-bond acceptors (Lipinski definition) is 3. The number of benzene rings is 1. The van der Waals surface area contributed by atoms with Crippen molar-refractivity contribution < 1.29 is 9.84 Å². The van der Waals surface area contributed by atoms with Gasteiger partial charge in [-0.25, -0.2) is 0 Å². The molecule has 0 aliphatic carbocycles. The highest BCUT2D eigenvalue weighted by Gasteiger charge is 2.31.